The molecule has 0 aliphatic heterocycles. The lowest BCUT2D eigenvalue weighted by Crippen LogP contribution is -2.33. The molecule has 118 valence electrons. The average molecular weight is 335 g/mol. The van der Waals surface area contributed by atoms with Crippen molar-refractivity contribution in [1.82, 2.24) is 9.66 Å². The molecule has 2 aromatic heterocycles. The number of nitrogens with zero attached hydrogens (tertiary/aromatic N) is 2. The Kier molecular flexibility index (Phi) is 3.69. The summed E-state index contributed by atoms with van der Waals surface area (Å²) >= 11 is 1.37. The van der Waals surface area contributed by atoms with Crippen molar-refractivity contribution >= 4 is 27.5 Å². The van der Waals surface area contributed by atoms with Crippen LogP contribution in [-0.4, -0.2) is 15.6 Å². The molecule has 0 saturated carbocycles. The number of benzene rings is 1. The first-order valence-corrected chi connectivity index (χ1v) is 7.44. The Labute approximate surface area is 133 Å². The van der Waals surface area contributed by atoms with Crippen LogP contribution in [0.5, 0.6) is 0 Å². The molecule has 0 radical (unpaired) electrons. The highest BCUT2D eigenvalue weighted by molar-refractivity contribution is 7.18. The highest BCUT2D eigenvalue weighted by Crippen LogP contribution is 2.25. The molecule has 1 amide bonds. The van der Waals surface area contributed by atoms with Crippen molar-refractivity contribution in [2.75, 3.05) is 5.43 Å². The van der Waals surface area contributed by atoms with Crippen LogP contribution in [0.2, 0.25) is 0 Å². The lowest BCUT2D eigenvalue weighted by atomic mass is 10.2. The van der Waals surface area contributed by atoms with E-state index in [2.05, 4.69) is 10.4 Å². The molecule has 0 fully saturated rings. The van der Waals surface area contributed by atoms with Crippen LogP contribution in [0.3, 0.4) is 0 Å². The van der Waals surface area contributed by atoms with Crippen molar-refractivity contribution in [1.29, 1.82) is 0 Å². The lowest BCUT2D eigenvalue weighted by Gasteiger charge is -2.08. The Balaban J connectivity index is 2.03. The third-order valence-electron chi connectivity index (χ3n) is 3.48. The van der Waals surface area contributed by atoms with Crippen molar-refractivity contribution in [3.63, 3.8) is 0 Å². The van der Waals surface area contributed by atoms with Gasteiger partial charge in [-0.05, 0) is 37.6 Å². The summed E-state index contributed by atoms with van der Waals surface area (Å²) in [6, 6.07) is 2.52. The molecule has 5 nitrogen and oxygen atoms in total. The van der Waals surface area contributed by atoms with Gasteiger partial charge in [-0.3, -0.25) is 15.0 Å². The number of halogens is 2. The fourth-order valence-electron chi connectivity index (χ4n) is 2.16. The predicted molar refractivity (Wildman–Crippen MR) is 83.4 cm³/mol. The average Bonchev–Trinajstić information content (AvgIpc) is 2.80. The number of hydrogen-bond acceptors (Lipinski definition) is 4. The van der Waals surface area contributed by atoms with Gasteiger partial charge in [0.1, 0.15) is 22.8 Å². The number of thiophene rings is 1. The Bertz CT molecular complexity index is 994. The third-order valence-corrected chi connectivity index (χ3v) is 4.60. The van der Waals surface area contributed by atoms with E-state index < -0.39 is 28.7 Å². The SMILES string of the molecule is Cc1sc2ncn(NC(=O)c3cc(F)ccc3F)c(=O)c2c1C. The number of rotatable bonds is 2. The second-order valence-electron chi connectivity index (χ2n) is 4.95. The first-order chi connectivity index (χ1) is 10.9. The molecule has 2 heterocycles. The second-order valence-corrected chi connectivity index (χ2v) is 6.15. The van der Waals surface area contributed by atoms with Crippen molar-refractivity contribution < 1.29 is 13.6 Å². The van der Waals surface area contributed by atoms with Crippen molar-refractivity contribution in [3.05, 3.63) is 62.5 Å². The zero-order valence-electron chi connectivity index (χ0n) is 12.2. The van der Waals surface area contributed by atoms with E-state index in [-0.39, 0.29) is 0 Å². The van der Waals surface area contributed by atoms with Crippen LogP contribution in [0.1, 0.15) is 20.8 Å². The number of carbonyl (C=O) groups is 1. The molecular formula is C15H11F2N3O2S. The van der Waals surface area contributed by atoms with Crippen LogP contribution in [0, 0.1) is 25.5 Å². The number of carbonyl (C=O) groups excluding carboxylic acids is 1. The summed E-state index contributed by atoms with van der Waals surface area (Å²) in [5.41, 5.74) is 2.04. The molecule has 23 heavy (non-hydrogen) atoms. The molecule has 0 atom stereocenters. The van der Waals surface area contributed by atoms with E-state index in [0.717, 1.165) is 39.6 Å². The smallest absolute Gasteiger partial charge is 0.267 e. The van der Waals surface area contributed by atoms with Crippen LogP contribution in [0.4, 0.5) is 8.78 Å². The monoisotopic (exact) mass is 335 g/mol. The van der Waals surface area contributed by atoms with Gasteiger partial charge in [0.2, 0.25) is 0 Å². The summed E-state index contributed by atoms with van der Waals surface area (Å²) in [5, 5.41) is 0.398. The van der Waals surface area contributed by atoms with Crippen LogP contribution >= 0.6 is 11.3 Å². The molecule has 3 rings (SSSR count). The van der Waals surface area contributed by atoms with Crippen LogP contribution < -0.4 is 11.0 Å². The van der Waals surface area contributed by atoms with Crippen molar-refractivity contribution in [2.45, 2.75) is 13.8 Å². The summed E-state index contributed by atoms with van der Waals surface area (Å²) in [5.74, 6) is -2.56. The number of aryl methyl sites for hydroxylation is 2. The molecule has 3 aromatic rings. The van der Waals surface area contributed by atoms with Gasteiger partial charge in [0.05, 0.1) is 10.9 Å². The van der Waals surface area contributed by atoms with Crippen molar-refractivity contribution in [3.8, 4) is 0 Å². The highest BCUT2D eigenvalue weighted by Gasteiger charge is 2.16. The standard InChI is InChI=1S/C15H11F2N3O2S/c1-7-8(2)23-14-12(7)15(22)20(6-18-14)19-13(21)10-5-9(16)3-4-11(10)17/h3-6H,1-2H3,(H,19,21). The Hall–Kier alpha value is -2.61. The van der Waals surface area contributed by atoms with Gasteiger partial charge in [0.25, 0.3) is 11.5 Å². The van der Waals surface area contributed by atoms with Gasteiger partial charge in [-0.1, -0.05) is 0 Å². The van der Waals surface area contributed by atoms with Gasteiger partial charge in [0, 0.05) is 4.88 Å². The zero-order valence-corrected chi connectivity index (χ0v) is 13.0. The maximum absolute atomic E-state index is 13.6. The Morgan fingerprint density at radius 2 is 2.04 bits per heavy atom. The summed E-state index contributed by atoms with van der Waals surface area (Å²) in [4.78, 5) is 30.1. The summed E-state index contributed by atoms with van der Waals surface area (Å²) in [6.45, 7) is 3.65. The Morgan fingerprint density at radius 3 is 2.78 bits per heavy atom. The maximum Gasteiger partial charge on any atom is 0.281 e. The van der Waals surface area contributed by atoms with Gasteiger partial charge in [-0.2, -0.15) is 0 Å². The Morgan fingerprint density at radius 1 is 1.30 bits per heavy atom. The normalized spacial score (nSPS) is 11.0. The van der Waals surface area contributed by atoms with Gasteiger partial charge in [-0.15, -0.1) is 11.3 Å². The molecule has 0 bridgehead atoms. The highest BCUT2D eigenvalue weighted by atomic mass is 32.1. The topological polar surface area (TPSA) is 64.0 Å². The lowest BCUT2D eigenvalue weighted by molar-refractivity contribution is 0.100. The predicted octanol–water partition coefficient (Wildman–Crippen LogP) is 2.74. The van der Waals surface area contributed by atoms with Crippen LogP contribution in [0.25, 0.3) is 10.2 Å². The summed E-state index contributed by atoms with van der Waals surface area (Å²) in [7, 11) is 0. The number of hydrogen-bond donors (Lipinski definition) is 1. The molecule has 0 aliphatic rings. The van der Waals surface area contributed by atoms with Gasteiger partial charge in [-0.25, -0.2) is 18.4 Å². The zero-order chi connectivity index (χ0) is 16.7. The van der Waals surface area contributed by atoms with Crippen LogP contribution in [-0.2, 0) is 0 Å². The molecule has 1 N–H and O–H groups in total. The minimum atomic E-state index is -0.935. The van der Waals surface area contributed by atoms with Gasteiger partial charge >= 0.3 is 0 Å². The van der Waals surface area contributed by atoms with Crippen LogP contribution in [0.15, 0.2) is 29.3 Å². The second kappa shape index (κ2) is 5.54. The molecule has 1 aromatic carbocycles. The van der Waals surface area contributed by atoms with E-state index >= 15 is 0 Å². The van der Waals surface area contributed by atoms with Crippen molar-refractivity contribution in [2.24, 2.45) is 0 Å². The minimum absolute atomic E-state index is 0.398. The molecule has 8 heteroatoms. The van der Waals surface area contributed by atoms with Gasteiger partial charge < -0.3 is 0 Å². The molecular weight excluding hydrogens is 324 g/mol. The fourth-order valence-corrected chi connectivity index (χ4v) is 3.14. The number of nitrogens with one attached hydrogen (secondary N) is 1. The van der Waals surface area contributed by atoms with E-state index in [1.807, 2.05) is 6.92 Å². The molecule has 0 saturated heterocycles. The first kappa shape index (κ1) is 15.3. The summed E-state index contributed by atoms with van der Waals surface area (Å²) in [6.07, 6.45) is 1.15. The third kappa shape index (κ3) is 2.61. The van der Waals surface area contributed by atoms with E-state index in [9.17, 15) is 18.4 Å². The quantitative estimate of drug-likeness (QED) is 0.783. The van der Waals surface area contributed by atoms with E-state index in [4.69, 9.17) is 0 Å². The molecule has 0 unspecified atom stereocenters. The van der Waals surface area contributed by atoms with E-state index in [1.54, 1.807) is 6.92 Å². The first-order valence-electron chi connectivity index (χ1n) is 6.62. The number of fused-ring (bicyclic) bond motifs is 1. The molecule has 0 aliphatic carbocycles. The summed E-state index contributed by atoms with van der Waals surface area (Å²) < 4.78 is 27.6. The number of amides is 1. The molecule has 0 spiro atoms. The van der Waals surface area contributed by atoms with Gasteiger partial charge in [0.15, 0.2) is 0 Å². The van der Waals surface area contributed by atoms with E-state index in [0.29, 0.717) is 10.2 Å². The fraction of sp³-hybridized carbons (Fsp3) is 0.133. The number of aromatic nitrogens is 2. The minimum Gasteiger partial charge on any atom is -0.267 e. The van der Waals surface area contributed by atoms with E-state index in [1.165, 1.54) is 11.3 Å². The maximum atomic E-state index is 13.6. The largest absolute Gasteiger partial charge is 0.281 e.